The van der Waals surface area contributed by atoms with E-state index in [9.17, 15) is 4.79 Å². The molecule has 16 heavy (non-hydrogen) atoms. The Kier molecular flexibility index (Phi) is 6.05. The number of nitrogens with zero attached hydrogens (tertiary/aromatic N) is 1. The zero-order valence-corrected chi connectivity index (χ0v) is 11.0. The van der Waals surface area contributed by atoms with Crippen LogP contribution in [0.25, 0.3) is 0 Å². The average Bonchev–Trinajstić information content (AvgIpc) is 2.54. The minimum Gasteiger partial charge on any atom is -0.353 e. The molecule has 0 saturated carbocycles. The Hall–Kier alpha value is -0.360. The first-order chi connectivity index (χ1) is 7.67. The van der Waals surface area contributed by atoms with Gasteiger partial charge in [-0.2, -0.15) is 0 Å². The van der Waals surface area contributed by atoms with Crippen LogP contribution in [-0.2, 0) is 16.0 Å². The Morgan fingerprint density at radius 2 is 2.06 bits per heavy atom. The minimum atomic E-state index is -0.247. The molecule has 0 aromatic carbocycles. The third-order valence-corrected chi connectivity index (χ3v) is 3.14. The molecule has 0 aliphatic carbocycles. The van der Waals surface area contributed by atoms with E-state index in [4.69, 9.17) is 21.1 Å². The summed E-state index contributed by atoms with van der Waals surface area (Å²) in [5.74, 6) is 0. The Balaban J connectivity index is 2.48. The molecule has 0 fully saturated rings. The van der Waals surface area contributed by atoms with Crippen molar-refractivity contribution in [1.82, 2.24) is 3.96 Å². The van der Waals surface area contributed by atoms with Crippen LogP contribution in [0.1, 0.15) is 20.3 Å². The van der Waals surface area contributed by atoms with Gasteiger partial charge in [-0.1, -0.05) is 11.6 Å². The zero-order valence-electron chi connectivity index (χ0n) is 9.44. The molecule has 4 nitrogen and oxygen atoms in total. The van der Waals surface area contributed by atoms with Crippen LogP contribution in [0.15, 0.2) is 10.9 Å². The molecule has 0 spiro atoms. The number of aromatic nitrogens is 1. The van der Waals surface area contributed by atoms with Crippen LogP contribution in [0.2, 0.25) is 4.34 Å². The van der Waals surface area contributed by atoms with Crippen molar-refractivity contribution >= 4 is 23.1 Å². The van der Waals surface area contributed by atoms with Gasteiger partial charge in [0.1, 0.15) is 4.34 Å². The highest BCUT2D eigenvalue weighted by Crippen LogP contribution is 2.13. The van der Waals surface area contributed by atoms with Crippen LogP contribution in [0, 0.1) is 0 Å². The van der Waals surface area contributed by atoms with E-state index in [0.717, 1.165) is 0 Å². The second-order valence-corrected chi connectivity index (χ2v) is 4.80. The van der Waals surface area contributed by atoms with E-state index >= 15 is 0 Å². The summed E-state index contributed by atoms with van der Waals surface area (Å²) in [5, 5.41) is 0. The largest absolute Gasteiger partial charge is 0.353 e. The summed E-state index contributed by atoms with van der Waals surface area (Å²) >= 11 is 6.99. The lowest BCUT2D eigenvalue weighted by Gasteiger charge is -2.16. The van der Waals surface area contributed by atoms with Crippen LogP contribution >= 0.6 is 23.1 Å². The molecule has 1 rings (SSSR count). The van der Waals surface area contributed by atoms with Crippen LogP contribution in [0.4, 0.5) is 0 Å². The Morgan fingerprint density at radius 1 is 1.44 bits per heavy atom. The quantitative estimate of drug-likeness (QED) is 0.711. The Labute approximate surface area is 104 Å². The average molecular weight is 266 g/mol. The van der Waals surface area contributed by atoms with Crippen LogP contribution in [-0.4, -0.2) is 23.5 Å². The fourth-order valence-electron chi connectivity index (χ4n) is 1.31. The smallest absolute Gasteiger partial charge is 0.262 e. The molecule has 92 valence electrons. The molecule has 0 unspecified atom stereocenters. The molecule has 1 aromatic rings. The third kappa shape index (κ3) is 4.25. The lowest BCUT2D eigenvalue weighted by atomic mass is 10.4. The predicted octanol–water partition coefficient (Wildman–Crippen LogP) is 2.35. The second-order valence-electron chi connectivity index (χ2n) is 3.11. The maximum absolute atomic E-state index is 11.4. The summed E-state index contributed by atoms with van der Waals surface area (Å²) in [6.45, 7) is 5.61. The van der Waals surface area contributed by atoms with Gasteiger partial charge in [-0.05, 0) is 25.4 Å². The normalized spacial score (nSPS) is 11.2. The lowest BCUT2D eigenvalue weighted by Crippen LogP contribution is -2.22. The summed E-state index contributed by atoms with van der Waals surface area (Å²) in [6.07, 6.45) is 0.404. The summed E-state index contributed by atoms with van der Waals surface area (Å²) in [4.78, 5) is 11.4. The van der Waals surface area contributed by atoms with Gasteiger partial charge in [-0.25, -0.2) is 0 Å². The highest BCUT2D eigenvalue weighted by Gasteiger charge is 2.09. The summed E-state index contributed by atoms with van der Waals surface area (Å²) in [5.41, 5.74) is -0.0678. The molecule has 6 heteroatoms. The first kappa shape index (κ1) is 13.7. The van der Waals surface area contributed by atoms with E-state index in [1.165, 1.54) is 17.6 Å². The lowest BCUT2D eigenvalue weighted by molar-refractivity contribution is -0.140. The number of rotatable bonds is 7. The second kappa shape index (κ2) is 7.06. The first-order valence-electron chi connectivity index (χ1n) is 5.27. The van der Waals surface area contributed by atoms with Crippen LogP contribution in [0.5, 0.6) is 0 Å². The van der Waals surface area contributed by atoms with Crippen LogP contribution < -0.4 is 5.56 Å². The Morgan fingerprint density at radius 3 is 2.50 bits per heavy atom. The third-order valence-electron chi connectivity index (χ3n) is 1.95. The maximum atomic E-state index is 11.4. The monoisotopic (exact) mass is 265 g/mol. The van der Waals surface area contributed by atoms with Crippen molar-refractivity contribution in [2.45, 2.75) is 33.1 Å². The van der Waals surface area contributed by atoms with E-state index in [-0.39, 0.29) is 11.8 Å². The number of halogens is 1. The number of aryl methyl sites for hydroxylation is 1. The standard InChI is InChI=1S/C10H16ClNO3S/c1-3-14-10(15-4-2)5-6-12-9(13)7-8(11)16-12/h7,10H,3-6H2,1-2H3. The maximum Gasteiger partial charge on any atom is 0.262 e. The van der Waals surface area contributed by atoms with E-state index in [1.807, 2.05) is 13.8 Å². The van der Waals surface area contributed by atoms with Gasteiger partial charge in [0, 0.05) is 32.2 Å². The minimum absolute atomic E-state index is 0.0678. The highest BCUT2D eigenvalue weighted by atomic mass is 35.5. The molecule has 0 amide bonds. The molecule has 1 aromatic heterocycles. The van der Waals surface area contributed by atoms with Gasteiger partial charge in [0.2, 0.25) is 0 Å². The van der Waals surface area contributed by atoms with E-state index in [0.29, 0.717) is 30.5 Å². The van der Waals surface area contributed by atoms with E-state index in [1.54, 1.807) is 3.96 Å². The van der Waals surface area contributed by atoms with Crippen LogP contribution in [0.3, 0.4) is 0 Å². The van der Waals surface area contributed by atoms with E-state index < -0.39 is 0 Å². The predicted molar refractivity (Wildman–Crippen MR) is 65.2 cm³/mol. The molecular weight excluding hydrogens is 250 g/mol. The molecule has 0 N–H and O–H groups in total. The van der Waals surface area contributed by atoms with Crippen molar-refractivity contribution in [2.24, 2.45) is 0 Å². The van der Waals surface area contributed by atoms with Crippen molar-refractivity contribution in [2.75, 3.05) is 13.2 Å². The fourth-order valence-corrected chi connectivity index (χ4v) is 2.36. The molecule has 0 saturated heterocycles. The molecule has 1 heterocycles. The first-order valence-corrected chi connectivity index (χ1v) is 6.42. The number of ether oxygens (including phenoxy) is 2. The summed E-state index contributed by atoms with van der Waals surface area (Å²) < 4.78 is 12.9. The molecule has 0 atom stereocenters. The molecule has 0 aliphatic heterocycles. The van der Waals surface area contributed by atoms with E-state index in [2.05, 4.69) is 0 Å². The van der Waals surface area contributed by atoms with Gasteiger partial charge in [0.05, 0.1) is 0 Å². The van der Waals surface area contributed by atoms with Gasteiger partial charge in [-0.15, -0.1) is 0 Å². The van der Waals surface area contributed by atoms with Crippen molar-refractivity contribution in [3.05, 3.63) is 20.8 Å². The highest BCUT2D eigenvalue weighted by molar-refractivity contribution is 7.11. The van der Waals surface area contributed by atoms with Crippen molar-refractivity contribution in [3.8, 4) is 0 Å². The zero-order chi connectivity index (χ0) is 12.0. The SMILES string of the molecule is CCOC(CCn1sc(Cl)cc1=O)OCC. The molecular formula is C10H16ClNO3S. The fraction of sp³-hybridized carbons (Fsp3) is 0.700. The van der Waals surface area contributed by atoms with Gasteiger partial charge in [0.25, 0.3) is 5.56 Å². The molecule has 0 radical (unpaired) electrons. The molecule has 0 aliphatic rings. The molecule has 0 bridgehead atoms. The number of hydrogen-bond acceptors (Lipinski definition) is 4. The summed E-state index contributed by atoms with van der Waals surface area (Å²) in [7, 11) is 0. The topological polar surface area (TPSA) is 40.5 Å². The van der Waals surface area contributed by atoms with Gasteiger partial charge in [-0.3, -0.25) is 8.75 Å². The van der Waals surface area contributed by atoms with Crippen molar-refractivity contribution in [3.63, 3.8) is 0 Å². The Bertz CT molecular complexity index is 357. The van der Waals surface area contributed by atoms with Gasteiger partial charge < -0.3 is 9.47 Å². The van der Waals surface area contributed by atoms with Crippen molar-refractivity contribution < 1.29 is 9.47 Å². The van der Waals surface area contributed by atoms with Crippen molar-refractivity contribution in [1.29, 1.82) is 0 Å². The van der Waals surface area contributed by atoms with Gasteiger partial charge >= 0.3 is 0 Å². The number of hydrogen-bond donors (Lipinski definition) is 0. The van der Waals surface area contributed by atoms with Gasteiger partial charge in [0.15, 0.2) is 6.29 Å². The summed E-state index contributed by atoms with van der Waals surface area (Å²) in [6, 6.07) is 1.42.